The minimum Gasteiger partial charge on any atom is -0.394 e. The predicted octanol–water partition coefficient (Wildman–Crippen LogP) is -4.74. The second kappa shape index (κ2) is 7.85. The Morgan fingerprint density at radius 3 is 2.00 bits per heavy atom. The van der Waals surface area contributed by atoms with Gasteiger partial charge in [0.25, 0.3) is 0 Å². The van der Waals surface area contributed by atoms with Crippen molar-refractivity contribution in [3.05, 3.63) is 0 Å². The van der Waals surface area contributed by atoms with E-state index in [1.165, 1.54) is 7.11 Å². The van der Waals surface area contributed by atoms with Crippen LogP contribution in [0.15, 0.2) is 0 Å². The monoisotopic (exact) mass is 356 g/mol. The van der Waals surface area contributed by atoms with Crippen LogP contribution in [0.3, 0.4) is 0 Å². The summed E-state index contributed by atoms with van der Waals surface area (Å²) in [7, 11) is 1.26. The summed E-state index contributed by atoms with van der Waals surface area (Å²) in [6.45, 7) is -2.13. The number of hydrogen-bond donors (Lipinski definition) is 7. The van der Waals surface area contributed by atoms with E-state index in [9.17, 15) is 30.6 Å². The Hall–Kier alpha value is -0.440. The lowest BCUT2D eigenvalue weighted by Crippen LogP contribution is -2.63. The minimum atomic E-state index is -2.18. The highest BCUT2D eigenvalue weighted by atomic mass is 16.8. The molecule has 0 radical (unpaired) electrons. The van der Waals surface area contributed by atoms with E-state index in [0.717, 1.165) is 0 Å². The molecule has 0 saturated carbocycles. The van der Waals surface area contributed by atoms with Crippen LogP contribution < -0.4 is 0 Å². The van der Waals surface area contributed by atoms with Crippen LogP contribution >= 0.6 is 0 Å². The van der Waals surface area contributed by atoms with Gasteiger partial charge in [0.15, 0.2) is 6.29 Å². The second-order valence-corrected chi connectivity index (χ2v) is 5.77. The number of hydrogen-bond acceptors (Lipinski definition) is 11. The quantitative estimate of drug-likeness (QED) is 0.243. The Kier molecular flexibility index (Phi) is 6.50. The smallest absolute Gasteiger partial charge is 0.224 e. The van der Waals surface area contributed by atoms with Crippen LogP contribution in [-0.2, 0) is 18.9 Å². The Morgan fingerprint density at radius 2 is 1.54 bits per heavy atom. The first-order chi connectivity index (χ1) is 11.3. The average molecular weight is 356 g/mol. The molecule has 2 saturated heterocycles. The SMILES string of the molecule is COC1C(CO)OC(OC2(CO)OC(CO)C(O)C2O)C(O)C1O. The van der Waals surface area contributed by atoms with Crippen molar-refractivity contribution in [2.24, 2.45) is 0 Å². The molecule has 11 heteroatoms. The van der Waals surface area contributed by atoms with E-state index in [-0.39, 0.29) is 0 Å². The van der Waals surface area contributed by atoms with Crippen molar-refractivity contribution in [1.82, 2.24) is 0 Å². The third-order valence-corrected chi connectivity index (χ3v) is 4.31. The molecule has 0 aromatic heterocycles. The van der Waals surface area contributed by atoms with Crippen LogP contribution in [0, 0.1) is 0 Å². The Labute approximate surface area is 137 Å². The van der Waals surface area contributed by atoms with Crippen LogP contribution in [0.4, 0.5) is 0 Å². The van der Waals surface area contributed by atoms with Crippen molar-refractivity contribution < 1.29 is 54.7 Å². The average Bonchev–Trinajstić information content (AvgIpc) is 2.83. The van der Waals surface area contributed by atoms with Crippen molar-refractivity contribution >= 4 is 0 Å². The van der Waals surface area contributed by atoms with Crippen molar-refractivity contribution in [3.63, 3.8) is 0 Å². The molecule has 2 aliphatic heterocycles. The van der Waals surface area contributed by atoms with E-state index >= 15 is 0 Å². The van der Waals surface area contributed by atoms with E-state index in [0.29, 0.717) is 0 Å². The fraction of sp³-hybridized carbons (Fsp3) is 1.00. The van der Waals surface area contributed by atoms with Gasteiger partial charge in [-0.2, -0.15) is 0 Å². The molecular formula is C13H24O11. The summed E-state index contributed by atoms with van der Waals surface area (Å²) in [4.78, 5) is 0. The molecule has 0 aliphatic carbocycles. The van der Waals surface area contributed by atoms with Crippen molar-refractivity contribution in [3.8, 4) is 0 Å². The molecule has 0 bridgehead atoms. The lowest BCUT2D eigenvalue weighted by atomic mass is 9.98. The van der Waals surface area contributed by atoms with Crippen LogP contribution in [0.1, 0.15) is 0 Å². The zero-order chi connectivity index (χ0) is 18.1. The van der Waals surface area contributed by atoms with Crippen LogP contribution in [-0.4, -0.2) is 117 Å². The fourth-order valence-corrected chi connectivity index (χ4v) is 2.91. The van der Waals surface area contributed by atoms with Crippen LogP contribution in [0.5, 0.6) is 0 Å². The molecule has 142 valence electrons. The zero-order valence-electron chi connectivity index (χ0n) is 13.0. The number of aliphatic hydroxyl groups is 7. The van der Waals surface area contributed by atoms with E-state index < -0.39 is 74.6 Å². The maximum atomic E-state index is 10.1. The van der Waals surface area contributed by atoms with E-state index in [2.05, 4.69) is 0 Å². The van der Waals surface area contributed by atoms with Gasteiger partial charge in [-0.3, -0.25) is 0 Å². The molecule has 2 aliphatic rings. The normalized spacial score (nSPS) is 49.5. The van der Waals surface area contributed by atoms with Gasteiger partial charge in [0.05, 0.1) is 13.2 Å². The van der Waals surface area contributed by atoms with Gasteiger partial charge in [-0.1, -0.05) is 0 Å². The Balaban J connectivity index is 2.18. The van der Waals surface area contributed by atoms with E-state index in [1.54, 1.807) is 0 Å². The van der Waals surface area contributed by atoms with Gasteiger partial charge in [0.1, 0.15) is 49.3 Å². The molecule has 24 heavy (non-hydrogen) atoms. The van der Waals surface area contributed by atoms with Crippen molar-refractivity contribution in [1.29, 1.82) is 0 Å². The molecule has 2 rings (SSSR count). The molecule has 0 aromatic carbocycles. The fourth-order valence-electron chi connectivity index (χ4n) is 2.91. The number of ether oxygens (including phenoxy) is 4. The first kappa shape index (κ1) is 19.9. The van der Waals surface area contributed by atoms with E-state index in [4.69, 9.17) is 24.1 Å². The summed E-state index contributed by atoms with van der Waals surface area (Å²) in [5, 5.41) is 68.0. The molecule has 7 N–H and O–H groups in total. The zero-order valence-corrected chi connectivity index (χ0v) is 13.0. The van der Waals surface area contributed by atoms with Crippen LogP contribution in [0.2, 0.25) is 0 Å². The molecule has 9 unspecified atom stereocenters. The highest BCUT2D eigenvalue weighted by Crippen LogP contribution is 2.36. The van der Waals surface area contributed by atoms with Crippen LogP contribution in [0.25, 0.3) is 0 Å². The van der Waals surface area contributed by atoms with Gasteiger partial charge in [0.2, 0.25) is 5.79 Å². The Bertz CT molecular complexity index is 407. The lowest BCUT2D eigenvalue weighted by Gasteiger charge is -2.44. The number of rotatable bonds is 6. The summed E-state index contributed by atoms with van der Waals surface area (Å²) in [6.07, 6.45) is -11.3. The van der Waals surface area contributed by atoms with Gasteiger partial charge in [-0.15, -0.1) is 0 Å². The largest absolute Gasteiger partial charge is 0.394 e. The second-order valence-electron chi connectivity index (χ2n) is 5.77. The summed E-state index contributed by atoms with van der Waals surface area (Å²) < 4.78 is 20.8. The maximum Gasteiger partial charge on any atom is 0.224 e. The summed E-state index contributed by atoms with van der Waals surface area (Å²) in [5.41, 5.74) is 0. The third-order valence-electron chi connectivity index (χ3n) is 4.31. The molecule has 0 spiro atoms. The molecule has 9 atom stereocenters. The predicted molar refractivity (Wildman–Crippen MR) is 73.4 cm³/mol. The standard InChI is InChI=1S/C13H24O11/c1-21-10-6(3-15)22-12(9(19)8(10)18)24-13(4-16)11(20)7(17)5(2-14)23-13/h5-12,14-20H,2-4H2,1H3. The molecule has 0 aromatic rings. The summed E-state index contributed by atoms with van der Waals surface area (Å²) >= 11 is 0. The highest BCUT2D eigenvalue weighted by Gasteiger charge is 2.58. The van der Waals surface area contributed by atoms with Gasteiger partial charge >= 0.3 is 0 Å². The third kappa shape index (κ3) is 3.30. The van der Waals surface area contributed by atoms with E-state index in [1.807, 2.05) is 0 Å². The summed E-state index contributed by atoms with van der Waals surface area (Å²) in [5.74, 6) is -2.18. The summed E-state index contributed by atoms with van der Waals surface area (Å²) in [6, 6.07) is 0. The molecular weight excluding hydrogens is 332 g/mol. The van der Waals surface area contributed by atoms with Crippen molar-refractivity contribution in [2.75, 3.05) is 26.9 Å². The first-order valence-electron chi connectivity index (χ1n) is 7.44. The number of aliphatic hydroxyl groups excluding tert-OH is 7. The molecule has 2 fully saturated rings. The topological polar surface area (TPSA) is 179 Å². The lowest BCUT2D eigenvalue weighted by molar-refractivity contribution is -0.384. The van der Waals surface area contributed by atoms with Gasteiger partial charge in [0, 0.05) is 7.11 Å². The van der Waals surface area contributed by atoms with Gasteiger partial charge < -0.3 is 54.7 Å². The van der Waals surface area contributed by atoms with Gasteiger partial charge in [-0.25, -0.2) is 0 Å². The number of methoxy groups -OCH3 is 1. The maximum absolute atomic E-state index is 10.1. The Morgan fingerprint density at radius 1 is 0.917 bits per heavy atom. The molecule has 0 amide bonds. The minimum absolute atomic E-state index is 0.556. The highest BCUT2D eigenvalue weighted by molar-refractivity contribution is 4.98. The molecule has 2 heterocycles. The first-order valence-corrected chi connectivity index (χ1v) is 7.44. The van der Waals surface area contributed by atoms with Gasteiger partial charge in [-0.05, 0) is 0 Å². The van der Waals surface area contributed by atoms with Crippen molar-refractivity contribution in [2.45, 2.75) is 54.8 Å². The molecule has 11 nitrogen and oxygen atoms in total.